The van der Waals surface area contributed by atoms with E-state index in [-0.39, 0.29) is 4.09 Å². The van der Waals surface area contributed by atoms with Gasteiger partial charge in [-0.1, -0.05) is 0 Å². The van der Waals surface area contributed by atoms with E-state index in [9.17, 15) is 14.4 Å². The van der Waals surface area contributed by atoms with Crippen LogP contribution >= 0.6 is 27.9 Å². The second-order valence-corrected chi connectivity index (χ2v) is 2.63. The van der Waals surface area contributed by atoms with E-state index in [0.29, 0.717) is 3.59 Å². The Hall–Kier alpha value is -0.820. The Labute approximate surface area is 72.5 Å². The Morgan fingerprint density at radius 2 is 1.82 bits per heavy atom. The third-order valence-electron chi connectivity index (χ3n) is 0.906. The summed E-state index contributed by atoms with van der Waals surface area (Å²) in [5.41, 5.74) is -2.77. The Balaban J connectivity index is 3.89. The third kappa shape index (κ3) is 1.29. The molecular formula is C3HBrClN3O3. The lowest BCUT2D eigenvalue weighted by Gasteiger charge is -1.92. The van der Waals surface area contributed by atoms with Crippen molar-refractivity contribution in [2.45, 2.75) is 0 Å². The summed E-state index contributed by atoms with van der Waals surface area (Å²) in [5.74, 6) is 0. The Morgan fingerprint density at radius 1 is 1.27 bits per heavy atom. The molecule has 60 valence electrons. The molecule has 0 aliphatic rings. The van der Waals surface area contributed by atoms with Gasteiger partial charge in [-0.15, -0.1) is 0 Å². The summed E-state index contributed by atoms with van der Waals surface area (Å²) in [6.07, 6.45) is 0. The molecule has 0 unspecified atom stereocenters. The van der Waals surface area contributed by atoms with Crippen LogP contribution < -0.4 is 17.1 Å². The van der Waals surface area contributed by atoms with Crippen molar-refractivity contribution in [2.75, 3.05) is 0 Å². The van der Waals surface area contributed by atoms with Gasteiger partial charge < -0.3 is 0 Å². The van der Waals surface area contributed by atoms with Gasteiger partial charge in [-0.3, -0.25) is 4.98 Å². The normalized spacial score (nSPS) is 10.0. The van der Waals surface area contributed by atoms with Gasteiger partial charge in [0, 0.05) is 11.8 Å². The Kier molecular flexibility index (Phi) is 2.01. The molecule has 8 heteroatoms. The van der Waals surface area contributed by atoms with Crippen molar-refractivity contribution < 1.29 is 0 Å². The third-order valence-corrected chi connectivity index (χ3v) is 1.83. The van der Waals surface area contributed by atoms with Crippen LogP contribution in [0.3, 0.4) is 0 Å². The van der Waals surface area contributed by atoms with Crippen LogP contribution in [0, 0.1) is 0 Å². The molecule has 0 saturated carbocycles. The molecule has 1 heterocycles. The zero-order valence-corrected chi connectivity index (χ0v) is 7.22. The van der Waals surface area contributed by atoms with Crippen LogP contribution in [-0.2, 0) is 0 Å². The highest BCUT2D eigenvalue weighted by Crippen LogP contribution is 1.74. The fourth-order valence-electron chi connectivity index (χ4n) is 0.440. The van der Waals surface area contributed by atoms with E-state index in [0.717, 1.165) is 0 Å². The van der Waals surface area contributed by atoms with Crippen molar-refractivity contribution in [2.24, 2.45) is 0 Å². The smallest absolute Gasteiger partial charge is 0.257 e. The average Bonchev–Trinajstić information content (AvgIpc) is 1.97. The summed E-state index contributed by atoms with van der Waals surface area (Å²) >= 11 is 7.71. The second kappa shape index (κ2) is 2.67. The number of rotatable bonds is 0. The zero-order chi connectivity index (χ0) is 8.59. The SMILES string of the molecule is O=c1[nH]c(=O)n(Br)c(=O)n1Cl. The molecule has 0 amide bonds. The number of hydrogen-bond acceptors (Lipinski definition) is 3. The molecule has 1 rings (SSSR count). The van der Waals surface area contributed by atoms with Gasteiger partial charge >= 0.3 is 17.1 Å². The fraction of sp³-hybridized carbons (Fsp3) is 0. The molecule has 0 spiro atoms. The van der Waals surface area contributed by atoms with Crippen molar-refractivity contribution in [1.29, 1.82) is 0 Å². The number of nitrogens with one attached hydrogen (secondary N) is 1. The van der Waals surface area contributed by atoms with Gasteiger partial charge in [0.1, 0.15) is 0 Å². The molecule has 6 nitrogen and oxygen atoms in total. The van der Waals surface area contributed by atoms with Crippen LogP contribution in [0.5, 0.6) is 0 Å². The van der Waals surface area contributed by atoms with Crippen molar-refractivity contribution >= 4 is 27.9 Å². The predicted octanol–water partition coefficient (Wildman–Crippen LogP) is -1.14. The Morgan fingerprint density at radius 3 is 2.36 bits per heavy atom. The number of aromatic amines is 1. The van der Waals surface area contributed by atoms with Crippen molar-refractivity contribution in [3.8, 4) is 0 Å². The number of halogens is 2. The van der Waals surface area contributed by atoms with Crippen molar-refractivity contribution in [3.63, 3.8) is 0 Å². The highest BCUT2D eigenvalue weighted by Gasteiger charge is 2.03. The van der Waals surface area contributed by atoms with Crippen LogP contribution in [-0.4, -0.2) is 12.7 Å². The molecule has 0 fully saturated rings. The molecule has 0 radical (unpaired) electrons. The largest absolute Gasteiger partial charge is 0.361 e. The highest BCUT2D eigenvalue weighted by atomic mass is 79.9. The minimum atomic E-state index is -0.961. The van der Waals surface area contributed by atoms with Gasteiger partial charge in [0.05, 0.1) is 16.1 Å². The minimum absolute atomic E-state index is 0.246. The molecule has 0 atom stereocenters. The number of H-pyrrole nitrogens is 1. The maximum atomic E-state index is 10.7. The van der Waals surface area contributed by atoms with Crippen LogP contribution in [0.25, 0.3) is 0 Å². The summed E-state index contributed by atoms with van der Waals surface area (Å²) in [4.78, 5) is 33.7. The van der Waals surface area contributed by atoms with E-state index in [1.807, 2.05) is 0 Å². The van der Waals surface area contributed by atoms with Crippen molar-refractivity contribution in [1.82, 2.24) is 12.7 Å². The topological polar surface area (TPSA) is 76.9 Å². The number of aromatic nitrogens is 3. The molecule has 11 heavy (non-hydrogen) atoms. The quantitative estimate of drug-likeness (QED) is 0.625. The average molecular weight is 242 g/mol. The molecule has 0 aliphatic carbocycles. The fourth-order valence-corrected chi connectivity index (χ4v) is 0.897. The standard InChI is InChI=1S/C3HBrClN3O3/c4-7-1(9)6-2(10)8(5)3(7)11/h(H,6,9,10). The highest BCUT2D eigenvalue weighted by molar-refractivity contribution is 9.08. The molecular weight excluding hydrogens is 241 g/mol. The molecule has 0 saturated heterocycles. The lowest BCUT2D eigenvalue weighted by Crippen LogP contribution is -2.43. The van der Waals surface area contributed by atoms with Gasteiger partial charge in [-0.25, -0.2) is 14.4 Å². The predicted molar refractivity (Wildman–Crippen MR) is 41.2 cm³/mol. The first-order valence-corrected chi connectivity index (χ1v) is 3.39. The number of hydrogen-bond donors (Lipinski definition) is 1. The van der Waals surface area contributed by atoms with E-state index in [1.165, 1.54) is 0 Å². The molecule has 0 aliphatic heterocycles. The second-order valence-electron chi connectivity index (χ2n) is 1.58. The van der Waals surface area contributed by atoms with Crippen LogP contribution in [0.1, 0.15) is 0 Å². The maximum Gasteiger partial charge on any atom is 0.361 e. The van der Waals surface area contributed by atoms with Gasteiger partial charge in [0.15, 0.2) is 0 Å². The molecule has 1 aromatic rings. The van der Waals surface area contributed by atoms with Gasteiger partial charge in [0.25, 0.3) is 0 Å². The molecule has 0 aromatic carbocycles. The molecule has 1 aromatic heterocycles. The van der Waals surface area contributed by atoms with Crippen molar-refractivity contribution in [3.05, 3.63) is 31.5 Å². The summed E-state index contributed by atoms with van der Waals surface area (Å²) in [5, 5.41) is 0. The summed E-state index contributed by atoms with van der Waals surface area (Å²) in [6.45, 7) is 0. The first-order valence-electron chi connectivity index (χ1n) is 2.34. The first kappa shape index (κ1) is 8.28. The van der Waals surface area contributed by atoms with E-state index in [1.54, 1.807) is 4.98 Å². The molecule has 1 N–H and O–H groups in total. The first-order chi connectivity index (χ1) is 5.04. The van der Waals surface area contributed by atoms with E-state index >= 15 is 0 Å². The van der Waals surface area contributed by atoms with Crippen LogP contribution in [0.2, 0.25) is 0 Å². The van der Waals surface area contributed by atoms with Gasteiger partial charge in [-0.2, -0.15) is 7.68 Å². The monoisotopic (exact) mass is 241 g/mol. The zero-order valence-electron chi connectivity index (χ0n) is 4.88. The summed E-state index contributed by atoms with van der Waals surface area (Å²) in [6, 6.07) is 0. The van der Waals surface area contributed by atoms with E-state index in [2.05, 4.69) is 16.1 Å². The summed E-state index contributed by atoms with van der Waals surface area (Å²) < 4.78 is 0.748. The summed E-state index contributed by atoms with van der Waals surface area (Å²) in [7, 11) is 0. The minimum Gasteiger partial charge on any atom is -0.257 e. The number of nitrogens with zero attached hydrogens (tertiary/aromatic N) is 2. The van der Waals surface area contributed by atoms with E-state index in [4.69, 9.17) is 11.8 Å². The van der Waals surface area contributed by atoms with Crippen LogP contribution in [0.4, 0.5) is 0 Å². The lowest BCUT2D eigenvalue weighted by atomic mass is 11.0. The van der Waals surface area contributed by atoms with Gasteiger partial charge in [-0.05, 0) is 0 Å². The van der Waals surface area contributed by atoms with E-state index < -0.39 is 17.1 Å². The lowest BCUT2D eigenvalue weighted by molar-refractivity contribution is 0.820. The van der Waals surface area contributed by atoms with Crippen LogP contribution in [0.15, 0.2) is 14.4 Å². The van der Waals surface area contributed by atoms with Gasteiger partial charge in [0.2, 0.25) is 0 Å². The molecule has 0 bridgehead atoms. The Bertz CT molecular complexity index is 405. The maximum absolute atomic E-state index is 10.7.